The Morgan fingerprint density at radius 1 is 1.33 bits per heavy atom. The molecule has 0 saturated carbocycles. The molecule has 0 aliphatic heterocycles. The first-order valence-corrected chi connectivity index (χ1v) is 9.15. The van der Waals surface area contributed by atoms with E-state index >= 15 is 0 Å². The van der Waals surface area contributed by atoms with Gasteiger partial charge < -0.3 is 15.4 Å². The molecule has 4 nitrogen and oxygen atoms in total. The summed E-state index contributed by atoms with van der Waals surface area (Å²) in [6.45, 7) is 0. The number of H-pyrrole nitrogens is 1. The van der Waals surface area contributed by atoms with Gasteiger partial charge in [0.15, 0.2) is 0 Å². The van der Waals surface area contributed by atoms with Gasteiger partial charge in [0.05, 0.1) is 27.4 Å². The monoisotopic (exact) mass is 380 g/mol. The van der Waals surface area contributed by atoms with E-state index in [0.29, 0.717) is 27.0 Å². The molecular formula is C17H14Cl2N2O2S. The van der Waals surface area contributed by atoms with Gasteiger partial charge in [-0.3, -0.25) is 4.79 Å². The molecule has 2 aromatic heterocycles. The van der Waals surface area contributed by atoms with Crippen LogP contribution in [-0.4, -0.2) is 22.0 Å². The minimum absolute atomic E-state index is 0.256. The summed E-state index contributed by atoms with van der Waals surface area (Å²) in [6.07, 6.45) is 0.832. The number of fused-ring (bicyclic) bond motifs is 2. The van der Waals surface area contributed by atoms with Gasteiger partial charge in [0, 0.05) is 0 Å². The van der Waals surface area contributed by atoms with Gasteiger partial charge in [-0.2, -0.15) is 0 Å². The van der Waals surface area contributed by atoms with Crippen LogP contribution < -0.4 is 5.32 Å². The lowest BCUT2D eigenvalue weighted by molar-refractivity contribution is 0.0795. The fourth-order valence-corrected chi connectivity index (χ4v) is 4.66. The zero-order chi connectivity index (χ0) is 16.8. The number of benzene rings is 1. The van der Waals surface area contributed by atoms with Crippen molar-refractivity contribution in [2.24, 2.45) is 0 Å². The van der Waals surface area contributed by atoms with Gasteiger partial charge in [0.2, 0.25) is 0 Å². The Hall–Kier alpha value is -1.53. The van der Waals surface area contributed by atoms with Gasteiger partial charge in [0.25, 0.3) is 5.91 Å². The van der Waals surface area contributed by atoms with E-state index in [-0.39, 0.29) is 11.9 Å². The van der Waals surface area contributed by atoms with Crippen molar-refractivity contribution in [2.45, 2.75) is 25.0 Å². The molecule has 1 aromatic carbocycles. The van der Waals surface area contributed by atoms with Gasteiger partial charge in [-0.1, -0.05) is 47.5 Å². The lowest BCUT2D eigenvalue weighted by atomic mass is 9.86. The lowest BCUT2D eigenvalue weighted by Crippen LogP contribution is -2.42. The minimum Gasteiger partial charge on any atom is -0.386 e. The number of carbonyl (C=O) groups excluding carboxylic acids is 1. The number of thiophene rings is 1. The maximum Gasteiger partial charge on any atom is 0.268 e. The van der Waals surface area contributed by atoms with Crippen LogP contribution in [0, 0.1) is 0 Å². The number of aromatic amines is 1. The molecule has 24 heavy (non-hydrogen) atoms. The van der Waals surface area contributed by atoms with Gasteiger partial charge in [-0.05, 0) is 30.0 Å². The second-order valence-corrected chi connectivity index (χ2v) is 7.91. The lowest BCUT2D eigenvalue weighted by Gasteiger charge is -2.30. The Balaban J connectivity index is 1.55. The van der Waals surface area contributed by atoms with E-state index in [2.05, 4.69) is 10.3 Å². The Morgan fingerprint density at radius 3 is 2.92 bits per heavy atom. The highest BCUT2D eigenvalue weighted by atomic mass is 35.5. The average Bonchev–Trinajstić information content (AvgIpc) is 3.10. The molecular weight excluding hydrogens is 367 g/mol. The number of rotatable bonds is 2. The fourth-order valence-electron chi connectivity index (χ4n) is 3.17. The van der Waals surface area contributed by atoms with E-state index in [1.807, 2.05) is 24.3 Å². The number of aromatic nitrogens is 1. The summed E-state index contributed by atoms with van der Waals surface area (Å²) < 4.78 is 1.34. The van der Waals surface area contributed by atoms with Gasteiger partial charge in [-0.25, -0.2) is 0 Å². The summed E-state index contributed by atoms with van der Waals surface area (Å²) in [4.78, 5) is 15.5. The van der Waals surface area contributed by atoms with Crippen molar-refractivity contribution in [3.8, 4) is 0 Å². The van der Waals surface area contributed by atoms with Crippen LogP contribution in [0.5, 0.6) is 0 Å². The normalized spacial score (nSPS) is 20.1. The Labute approximate surface area is 152 Å². The number of aliphatic hydroxyl groups is 1. The molecule has 1 aliphatic rings. The summed E-state index contributed by atoms with van der Waals surface area (Å²) in [6, 6.07) is 9.21. The highest BCUT2D eigenvalue weighted by molar-refractivity contribution is 7.23. The number of halogens is 2. The van der Waals surface area contributed by atoms with Crippen LogP contribution in [0.2, 0.25) is 9.36 Å². The number of hydrogen-bond donors (Lipinski definition) is 3. The van der Waals surface area contributed by atoms with Crippen LogP contribution in [0.1, 0.15) is 34.1 Å². The molecule has 0 radical (unpaired) electrons. The largest absolute Gasteiger partial charge is 0.386 e. The van der Waals surface area contributed by atoms with E-state index in [4.69, 9.17) is 23.2 Å². The molecule has 0 saturated heterocycles. The molecule has 0 spiro atoms. The van der Waals surface area contributed by atoms with Crippen molar-refractivity contribution in [2.75, 3.05) is 0 Å². The van der Waals surface area contributed by atoms with Crippen molar-refractivity contribution in [1.29, 1.82) is 0 Å². The van der Waals surface area contributed by atoms with Crippen LogP contribution in [0.3, 0.4) is 0 Å². The molecule has 1 unspecified atom stereocenters. The molecule has 1 aliphatic carbocycles. The Kier molecular flexibility index (Phi) is 4.04. The topological polar surface area (TPSA) is 65.1 Å². The second kappa shape index (κ2) is 6.08. The van der Waals surface area contributed by atoms with E-state index in [1.165, 1.54) is 11.3 Å². The number of aliphatic hydroxyl groups excluding tert-OH is 1. The third kappa shape index (κ3) is 2.62. The van der Waals surface area contributed by atoms with E-state index < -0.39 is 6.10 Å². The smallest absolute Gasteiger partial charge is 0.268 e. The molecule has 4 rings (SSSR count). The molecule has 124 valence electrons. The molecule has 0 bridgehead atoms. The summed E-state index contributed by atoms with van der Waals surface area (Å²) in [5, 5.41) is 13.9. The summed E-state index contributed by atoms with van der Waals surface area (Å²) >= 11 is 13.4. The molecule has 0 fully saturated rings. The second-order valence-electron chi connectivity index (χ2n) is 5.87. The van der Waals surface area contributed by atoms with Crippen molar-refractivity contribution < 1.29 is 9.90 Å². The highest BCUT2D eigenvalue weighted by Gasteiger charge is 2.29. The molecule has 1 amide bonds. The predicted octanol–water partition coefficient (Wildman–Crippen LogP) is 4.31. The Bertz CT molecular complexity index is 934. The average molecular weight is 381 g/mol. The highest BCUT2D eigenvalue weighted by Crippen LogP contribution is 2.39. The van der Waals surface area contributed by atoms with Crippen LogP contribution in [-0.2, 0) is 6.42 Å². The van der Waals surface area contributed by atoms with E-state index in [0.717, 1.165) is 22.2 Å². The van der Waals surface area contributed by atoms with Gasteiger partial charge >= 0.3 is 0 Å². The van der Waals surface area contributed by atoms with Crippen LogP contribution >= 0.6 is 34.5 Å². The Morgan fingerprint density at radius 2 is 2.12 bits per heavy atom. The maximum atomic E-state index is 12.5. The maximum absolute atomic E-state index is 12.5. The first-order valence-electron chi connectivity index (χ1n) is 7.58. The van der Waals surface area contributed by atoms with Crippen molar-refractivity contribution >= 4 is 50.7 Å². The summed E-state index contributed by atoms with van der Waals surface area (Å²) in [5.74, 6) is -0.256. The minimum atomic E-state index is -0.701. The SMILES string of the molecule is O=C(NC1CCc2ccccc2[C@H]1O)c1cc2sc(Cl)c(Cl)c2[nH]1. The first kappa shape index (κ1) is 16.0. The molecule has 3 N–H and O–H groups in total. The van der Waals surface area contributed by atoms with Crippen molar-refractivity contribution in [3.05, 3.63) is 56.5 Å². The first-order chi connectivity index (χ1) is 11.5. The molecule has 7 heteroatoms. The van der Waals surface area contributed by atoms with Gasteiger partial charge in [-0.15, -0.1) is 11.3 Å². The van der Waals surface area contributed by atoms with Crippen LogP contribution in [0.15, 0.2) is 30.3 Å². The third-order valence-corrected chi connectivity index (χ3v) is 6.35. The van der Waals surface area contributed by atoms with Crippen LogP contribution in [0.25, 0.3) is 10.2 Å². The zero-order valence-electron chi connectivity index (χ0n) is 12.5. The van der Waals surface area contributed by atoms with Crippen LogP contribution in [0.4, 0.5) is 0 Å². The molecule has 2 heterocycles. The van der Waals surface area contributed by atoms with Crippen molar-refractivity contribution in [1.82, 2.24) is 10.3 Å². The summed E-state index contributed by atoms with van der Waals surface area (Å²) in [7, 11) is 0. The molecule has 2 atom stereocenters. The number of hydrogen-bond acceptors (Lipinski definition) is 3. The summed E-state index contributed by atoms with van der Waals surface area (Å²) in [5.41, 5.74) is 3.11. The fraction of sp³-hybridized carbons (Fsp3) is 0.235. The quantitative estimate of drug-likeness (QED) is 0.619. The molecule has 3 aromatic rings. The van der Waals surface area contributed by atoms with E-state index in [9.17, 15) is 9.90 Å². The number of aryl methyl sites for hydroxylation is 1. The number of carbonyl (C=O) groups is 1. The third-order valence-electron chi connectivity index (χ3n) is 4.41. The van der Waals surface area contributed by atoms with Crippen molar-refractivity contribution in [3.63, 3.8) is 0 Å². The number of nitrogens with one attached hydrogen (secondary N) is 2. The van der Waals surface area contributed by atoms with Gasteiger partial charge in [0.1, 0.15) is 10.0 Å². The standard InChI is InChI=1S/C17H14Cl2N2O2S/c18-13-14-12(24-16(13)19)7-11(20-14)17(23)21-10-6-5-8-3-1-2-4-9(8)15(10)22/h1-4,7,10,15,20,22H,5-6H2,(H,21,23)/t10?,15-/m1/s1. The zero-order valence-corrected chi connectivity index (χ0v) is 14.8. The van der Waals surface area contributed by atoms with E-state index in [1.54, 1.807) is 6.07 Å². The predicted molar refractivity (Wildman–Crippen MR) is 97.2 cm³/mol. The number of amides is 1.